The van der Waals surface area contributed by atoms with Crippen LogP contribution in [0.15, 0.2) is 6.07 Å². The molecule has 0 unspecified atom stereocenters. The molecule has 27 heavy (non-hydrogen) atoms. The molecule has 3 rings (SSSR count). The predicted octanol–water partition coefficient (Wildman–Crippen LogP) is 3.54. The van der Waals surface area contributed by atoms with E-state index in [9.17, 15) is 9.59 Å². The van der Waals surface area contributed by atoms with Crippen LogP contribution in [0, 0.1) is 0 Å². The quantitative estimate of drug-likeness (QED) is 0.738. The monoisotopic (exact) mass is 376 g/mol. The van der Waals surface area contributed by atoms with Gasteiger partial charge in [0.2, 0.25) is 0 Å². The Morgan fingerprint density at radius 2 is 2.04 bits per heavy atom. The minimum atomic E-state index is -0.423. The van der Waals surface area contributed by atoms with E-state index in [1.807, 2.05) is 15.9 Å². The number of nitrogens with zero attached hydrogens (tertiary/aromatic N) is 3. The Morgan fingerprint density at radius 1 is 1.30 bits per heavy atom. The lowest BCUT2D eigenvalue weighted by molar-refractivity contribution is 0.00296. The number of piperidine rings is 1. The molecule has 0 atom stereocenters. The van der Waals surface area contributed by atoms with Crippen molar-refractivity contribution in [2.24, 2.45) is 0 Å². The molecule has 150 valence electrons. The summed E-state index contributed by atoms with van der Waals surface area (Å²) in [6, 6.07) is 1.84. The second kappa shape index (κ2) is 8.31. The average molecular weight is 377 g/mol. The Labute approximate surface area is 161 Å². The van der Waals surface area contributed by atoms with Crippen LogP contribution >= 0.6 is 0 Å². The van der Waals surface area contributed by atoms with Gasteiger partial charge in [0.15, 0.2) is 0 Å². The predicted molar refractivity (Wildman–Crippen MR) is 103 cm³/mol. The largest absolute Gasteiger partial charge is 0.441 e. The number of nitrogens with one attached hydrogen (secondary N) is 1. The van der Waals surface area contributed by atoms with E-state index < -0.39 is 5.60 Å². The smallest absolute Gasteiger partial charge is 0.410 e. The van der Waals surface area contributed by atoms with Gasteiger partial charge in [-0.25, -0.2) is 4.79 Å². The van der Waals surface area contributed by atoms with Gasteiger partial charge >= 0.3 is 6.09 Å². The summed E-state index contributed by atoms with van der Waals surface area (Å²) in [4.78, 5) is 28.6. The summed E-state index contributed by atoms with van der Waals surface area (Å²) >= 11 is 0. The van der Waals surface area contributed by atoms with Crippen LogP contribution in [0.5, 0.6) is 0 Å². The zero-order valence-electron chi connectivity index (χ0n) is 16.8. The van der Waals surface area contributed by atoms with Crippen molar-refractivity contribution in [3.63, 3.8) is 0 Å². The molecular weight excluding hydrogens is 344 g/mol. The first kappa shape index (κ1) is 19.7. The van der Waals surface area contributed by atoms with E-state index in [1.54, 1.807) is 0 Å². The highest BCUT2D eigenvalue weighted by Crippen LogP contribution is 2.33. The van der Waals surface area contributed by atoms with Gasteiger partial charge in [-0.1, -0.05) is 40.0 Å². The number of unbranched alkanes of at least 4 members (excludes halogenated alkanes) is 3. The molecule has 1 N–H and O–H groups in total. The number of amides is 2. The highest BCUT2D eigenvalue weighted by atomic mass is 16.6. The number of ether oxygens (including phenoxy) is 1. The molecule has 1 spiro atoms. The number of carbonyl (C=O) groups is 2. The number of hydrogen-bond donors (Lipinski definition) is 1. The van der Waals surface area contributed by atoms with Gasteiger partial charge in [0, 0.05) is 38.2 Å². The van der Waals surface area contributed by atoms with Crippen molar-refractivity contribution < 1.29 is 14.3 Å². The lowest BCUT2D eigenvalue weighted by Gasteiger charge is -2.37. The van der Waals surface area contributed by atoms with Crippen LogP contribution in [0.1, 0.15) is 81.4 Å². The minimum Gasteiger partial charge on any atom is -0.441 e. The van der Waals surface area contributed by atoms with E-state index in [2.05, 4.69) is 31.0 Å². The van der Waals surface area contributed by atoms with Crippen LogP contribution in [0.2, 0.25) is 0 Å². The Kier molecular flexibility index (Phi) is 6.07. The number of hydrogen-bond acceptors (Lipinski definition) is 4. The summed E-state index contributed by atoms with van der Waals surface area (Å²) in [5, 5.41) is 7.11. The van der Waals surface area contributed by atoms with Gasteiger partial charge in [-0.3, -0.25) is 9.89 Å². The van der Waals surface area contributed by atoms with Crippen LogP contribution in [0.25, 0.3) is 0 Å². The third kappa shape index (κ3) is 4.45. The summed E-state index contributed by atoms with van der Waals surface area (Å²) in [6.45, 7) is 8.93. The number of aromatic amines is 1. The minimum absolute atomic E-state index is 0.0475. The van der Waals surface area contributed by atoms with Crippen LogP contribution in [-0.2, 0) is 4.74 Å². The third-order valence-electron chi connectivity index (χ3n) is 5.72. The van der Waals surface area contributed by atoms with Gasteiger partial charge in [0.05, 0.1) is 6.54 Å². The summed E-state index contributed by atoms with van der Waals surface area (Å²) in [6.07, 6.45) is 5.76. The van der Waals surface area contributed by atoms with Crippen molar-refractivity contribution in [3.05, 3.63) is 17.5 Å². The molecular formula is C20H32N4O3. The fourth-order valence-corrected chi connectivity index (χ4v) is 3.88. The molecule has 3 heterocycles. The lowest BCUT2D eigenvalue weighted by Crippen LogP contribution is -2.48. The van der Waals surface area contributed by atoms with E-state index in [1.165, 1.54) is 12.8 Å². The maximum Gasteiger partial charge on any atom is 0.410 e. The van der Waals surface area contributed by atoms with E-state index in [0.717, 1.165) is 25.1 Å². The number of H-pyrrole nitrogens is 1. The molecule has 0 aromatic carbocycles. The van der Waals surface area contributed by atoms with Crippen molar-refractivity contribution in [2.45, 2.75) is 70.8 Å². The Morgan fingerprint density at radius 3 is 2.67 bits per heavy atom. The first-order valence-corrected chi connectivity index (χ1v) is 10.3. The van der Waals surface area contributed by atoms with Crippen LogP contribution in [-0.4, -0.2) is 63.8 Å². The first-order chi connectivity index (χ1) is 12.9. The Hall–Kier alpha value is -2.05. The summed E-state index contributed by atoms with van der Waals surface area (Å²) in [5.41, 5.74) is 1.01. The van der Waals surface area contributed by atoms with Crippen LogP contribution in [0.4, 0.5) is 4.79 Å². The van der Waals surface area contributed by atoms with E-state index >= 15 is 0 Å². The van der Waals surface area contributed by atoms with Gasteiger partial charge < -0.3 is 14.5 Å². The maximum atomic E-state index is 12.7. The average Bonchev–Trinajstić information content (AvgIpc) is 3.25. The van der Waals surface area contributed by atoms with Crippen molar-refractivity contribution in [2.75, 3.05) is 26.2 Å². The van der Waals surface area contributed by atoms with E-state index in [0.29, 0.717) is 44.1 Å². The summed E-state index contributed by atoms with van der Waals surface area (Å²) < 4.78 is 5.76. The highest BCUT2D eigenvalue weighted by molar-refractivity contribution is 5.92. The molecule has 0 radical (unpaired) electrons. The number of rotatable bonds is 7. The van der Waals surface area contributed by atoms with Crippen LogP contribution in [0.3, 0.4) is 0 Å². The fraction of sp³-hybridized carbons (Fsp3) is 0.750. The third-order valence-corrected chi connectivity index (χ3v) is 5.72. The molecule has 7 nitrogen and oxygen atoms in total. The number of aromatic nitrogens is 2. The first-order valence-electron chi connectivity index (χ1n) is 10.3. The van der Waals surface area contributed by atoms with Crippen molar-refractivity contribution in [1.29, 1.82) is 0 Å². The molecule has 2 aliphatic rings. The molecule has 0 bridgehead atoms. The number of carbonyl (C=O) groups excluding carboxylic acids is 2. The second-order valence-corrected chi connectivity index (χ2v) is 8.19. The molecule has 2 fully saturated rings. The molecule has 2 saturated heterocycles. The standard InChI is InChI=1S/C20H32N4O3/c1-4-5-6-7-10-24-14-20(27-19(24)26)8-11-23(12-9-20)18(25)17-13-16(15(2)3)21-22-17/h13,15H,4-12,14H2,1-3H3,(H,21,22). The van der Waals surface area contributed by atoms with Gasteiger partial charge in [-0.15, -0.1) is 0 Å². The highest BCUT2D eigenvalue weighted by Gasteiger charge is 2.47. The Balaban J connectivity index is 1.52. The normalized spacial score (nSPS) is 19.2. The zero-order chi connectivity index (χ0) is 19.4. The van der Waals surface area contributed by atoms with E-state index in [4.69, 9.17) is 4.74 Å². The summed E-state index contributed by atoms with van der Waals surface area (Å²) in [7, 11) is 0. The number of likely N-dealkylation sites (tertiary alicyclic amines) is 1. The molecule has 1 aromatic heterocycles. The van der Waals surface area contributed by atoms with E-state index in [-0.39, 0.29) is 12.0 Å². The SMILES string of the molecule is CCCCCCN1CC2(CCN(C(=O)c3cc(C(C)C)[nH]n3)CC2)OC1=O. The van der Waals surface area contributed by atoms with Crippen molar-refractivity contribution in [3.8, 4) is 0 Å². The molecule has 1 aromatic rings. The second-order valence-electron chi connectivity index (χ2n) is 8.19. The molecule has 7 heteroatoms. The Bertz CT molecular complexity index is 662. The van der Waals surface area contributed by atoms with Gasteiger partial charge in [0.25, 0.3) is 5.91 Å². The topological polar surface area (TPSA) is 78.5 Å². The van der Waals surface area contributed by atoms with Gasteiger partial charge in [0.1, 0.15) is 11.3 Å². The van der Waals surface area contributed by atoms with Crippen molar-refractivity contribution >= 4 is 12.0 Å². The maximum absolute atomic E-state index is 12.7. The molecule has 0 saturated carbocycles. The van der Waals surface area contributed by atoms with Crippen LogP contribution < -0.4 is 0 Å². The summed E-state index contributed by atoms with van der Waals surface area (Å²) in [5.74, 6) is 0.263. The molecule has 0 aliphatic carbocycles. The van der Waals surface area contributed by atoms with Gasteiger partial charge in [-0.2, -0.15) is 5.10 Å². The molecule has 2 aliphatic heterocycles. The lowest BCUT2D eigenvalue weighted by atomic mass is 9.91. The fourth-order valence-electron chi connectivity index (χ4n) is 3.88. The molecule has 2 amide bonds. The zero-order valence-corrected chi connectivity index (χ0v) is 16.8. The van der Waals surface area contributed by atoms with Gasteiger partial charge in [-0.05, 0) is 18.4 Å². The van der Waals surface area contributed by atoms with Crippen molar-refractivity contribution in [1.82, 2.24) is 20.0 Å².